The second kappa shape index (κ2) is 3.56. The molecule has 3 nitrogen and oxygen atoms in total. The SMILES string of the molecule is CNC1CCC(=NO)CC1. The van der Waals surface area contributed by atoms with Gasteiger partial charge in [0, 0.05) is 6.04 Å². The van der Waals surface area contributed by atoms with E-state index in [0.717, 1.165) is 31.4 Å². The lowest BCUT2D eigenvalue weighted by molar-refractivity contribution is 0.312. The number of hydrogen-bond acceptors (Lipinski definition) is 3. The van der Waals surface area contributed by atoms with Crippen molar-refractivity contribution in [2.24, 2.45) is 5.16 Å². The van der Waals surface area contributed by atoms with Crippen LogP contribution < -0.4 is 5.32 Å². The fourth-order valence-corrected chi connectivity index (χ4v) is 1.34. The summed E-state index contributed by atoms with van der Waals surface area (Å²) in [4.78, 5) is 0. The van der Waals surface area contributed by atoms with Gasteiger partial charge in [0.15, 0.2) is 0 Å². The van der Waals surface area contributed by atoms with Crippen LogP contribution in [0.1, 0.15) is 25.7 Å². The molecule has 0 aromatic carbocycles. The zero-order valence-electron chi connectivity index (χ0n) is 6.30. The van der Waals surface area contributed by atoms with Gasteiger partial charge >= 0.3 is 0 Å². The van der Waals surface area contributed by atoms with Crippen molar-refractivity contribution < 1.29 is 5.21 Å². The summed E-state index contributed by atoms with van der Waals surface area (Å²) in [6, 6.07) is 0.630. The normalized spacial score (nSPS) is 26.5. The maximum atomic E-state index is 8.42. The van der Waals surface area contributed by atoms with Crippen molar-refractivity contribution >= 4 is 5.71 Å². The summed E-state index contributed by atoms with van der Waals surface area (Å²) in [6.45, 7) is 0. The smallest absolute Gasteiger partial charge is 0.0572 e. The summed E-state index contributed by atoms with van der Waals surface area (Å²) >= 11 is 0. The van der Waals surface area contributed by atoms with E-state index in [1.807, 2.05) is 7.05 Å². The van der Waals surface area contributed by atoms with E-state index in [-0.39, 0.29) is 0 Å². The molecule has 58 valence electrons. The van der Waals surface area contributed by atoms with Gasteiger partial charge in [0.25, 0.3) is 0 Å². The first-order chi connectivity index (χ1) is 4.86. The minimum Gasteiger partial charge on any atom is -0.411 e. The first-order valence-electron chi connectivity index (χ1n) is 3.74. The molecule has 3 heteroatoms. The van der Waals surface area contributed by atoms with E-state index in [9.17, 15) is 0 Å². The molecule has 0 heterocycles. The second-order valence-electron chi connectivity index (χ2n) is 2.73. The van der Waals surface area contributed by atoms with Crippen molar-refractivity contribution in [2.45, 2.75) is 31.7 Å². The molecule has 1 aliphatic rings. The number of rotatable bonds is 1. The van der Waals surface area contributed by atoms with Gasteiger partial charge in [0.05, 0.1) is 5.71 Å². The van der Waals surface area contributed by atoms with Crippen LogP contribution in [-0.2, 0) is 0 Å². The molecule has 0 aromatic rings. The van der Waals surface area contributed by atoms with Gasteiger partial charge in [-0.15, -0.1) is 0 Å². The molecule has 0 radical (unpaired) electrons. The van der Waals surface area contributed by atoms with Crippen molar-refractivity contribution in [3.8, 4) is 0 Å². The summed E-state index contributed by atoms with van der Waals surface area (Å²) in [6.07, 6.45) is 4.11. The average Bonchev–Trinajstić information content (AvgIpc) is 2.05. The maximum absolute atomic E-state index is 8.42. The minimum atomic E-state index is 0.630. The molecule has 0 aromatic heterocycles. The molecule has 0 bridgehead atoms. The van der Waals surface area contributed by atoms with Gasteiger partial charge in [-0.3, -0.25) is 0 Å². The Hall–Kier alpha value is -0.570. The zero-order chi connectivity index (χ0) is 7.40. The average molecular weight is 142 g/mol. The number of nitrogens with zero attached hydrogens (tertiary/aromatic N) is 1. The van der Waals surface area contributed by atoms with Crippen LogP contribution in [0.4, 0.5) is 0 Å². The Labute approximate surface area is 61.1 Å². The quantitative estimate of drug-likeness (QED) is 0.423. The predicted octanol–water partition coefficient (Wildman–Crippen LogP) is 0.979. The number of hydrogen-bond donors (Lipinski definition) is 2. The van der Waals surface area contributed by atoms with Crippen molar-refractivity contribution in [1.29, 1.82) is 0 Å². The molecule has 2 N–H and O–H groups in total. The molecule has 0 spiro atoms. The Kier molecular flexibility index (Phi) is 2.68. The molecule has 0 amide bonds. The van der Waals surface area contributed by atoms with E-state index in [2.05, 4.69) is 10.5 Å². The first kappa shape index (κ1) is 7.54. The molecule has 0 aliphatic heterocycles. The molecule has 1 fully saturated rings. The van der Waals surface area contributed by atoms with Crippen LogP contribution >= 0.6 is 0 Å². The van der Waals surface area contributed by atoms with E-state index in [1.54, 1.807) is 0 Å². The van der Waals surface area contributed by atoms with Crippen molar-refractivity contribution in [1.82, 2.24) is 5.32 Å². The van der Waals surface area contributed by atoms with Crippen molar-refractivity contribution in [3.63, 3.8) is 0 Å². The van der Waals surface area contributed by atoms with Gasteiger partial charge in [-0.25, -0.2) is 0 Å². The third-order valence-electron chi connectivity index (χ3n) is 2.11. The van der Waals surface area contributed by atoms with Crippen LogP contribution in [0.15, 0.2) is 5.16 Å². The highest BCUT2D eigenvalue weighted by Crippen LogP contribution is 2.14. The monoisotopic (exact) mass is 142 g/mol. The van der Waals surface area contributed by atoms with Gasteiger partial charge in [-0.05, 0) is 32.7 Å². The van der Waals surface area contributed by atoms with Crippen LogP contribution in [0.3, 0.4) is 0 Å². The van der Waals surface area contributed by atoms with Gasteiger partial charge in [-0.2, -0.15) is 0 Å². The van der Waals surface area contributed by atoms with Crippen molar-refractivity contribution in [3.05, 3.63) is 0 Å². The summed E-state index contributed by atoms with van der Waals surface area (Å²) in [5, 5.41) is 14.8. The molecule has 1 saturated carbocycles. The lowest BCUT2D eigenvalue weighted by atomic mass is 9.94. The van der Waals surface area contributed by atoms with Gasteiger partial charge in [0.2, 0.25) is 0 Å². The van der Waals surface area contributed by atoms with Crippen LogP contribution in [0.2, 0.25) is 0 Å². The van der Waals surface area contributed by atoms with Gasteiger partial charge in [-0.1, -0.05) is 5.16 Å². The van der Waals surface area contributed by atoms with E-state index in [4.69, 9.17) is 5.21 Å². The molecular formula is C7H14N2O. The highest BCUT2D eigenvalue weighted by molar-refractivity contribution is 5.84. The Morgan fingerprint density at radius 1 is 1.50 bits per heavy atom. The highest BCUT2D eigenvalue weighted by Gasteiger charge is 2.15. The highest BCUT2D eigenvalue weighted by atomic mass is 16.4. The topological polar surface area (TPSA) is 44.6 Å². The largest absolute Gasteiger partial charge is 0.411 e. The maximum Gasteiger partial charge on any atom is 0.0572 e. The van der Waals surface area contributed by atoms with Crippen LogP contribution in [0.5, 0.6) is 0 Å². The summed E-state index contributed by atoms with van der Waals surface area (Å²) in [5.74, 6) is 0. The molecular weight excluding hydrogens is 128 g/mol. The van der Waals surface area contributed by atoms with E-state index < -0.39 is 0 Å². The van der Waals surface area contributed by atoms with E-state index >= 15 is 0 Å². The zero-order valence-corrected chi connectivity index (χ0v) is 6.30. The lowest BCUT2D eigenvalue weighted by Crippen LogP contribution is -2.30. The lowest BCUT2D eigenvalue weighted by Gasteiger charge is -2.21. The van der Waals surface area contributed by atoms with Gasteiger partial charge < -0.3 is 10.5 Å². The summed E-state index contributed by atoms with van der Waals surface area (Å²) < 4.78 is 0. The Morgan fingerprint density at radius 2 is 2.10 bits per heavy atom. The number of nitrogens with one attached hydrogen (secondary N) is 1. The van der Waals surface area contributed by atoms with Gasteiger partial charge in [0.1, 0.15) is 0 Å². The molecule has 1 rings (SSSR count). The Morgan fingerprint density at radius 3 is 2.50 bits per heavy atom. The standard InChI is InChI=1S/C7H14N2O/c1-8-6-2-4-7(9-10)5-3-6/h6,8,10H,2-5H2,1H3. The Balaban J connectivity index is 2.31. The third kappa shape index (κ3) is 1.70. The molecule has 0 unspecified atom stereocenters. The fraction of sp³-hybridized carbons (Fsp3) is 0.857. The summed E-state index contributed by atoms with van der Waals surface area (Å²) in [5.41, 5.74) is 0.950. The van der Waals surface area contributed by atoms with Crippen LogP contribution in [0, 0.1) is 0 Å². The van der Waals surface area contributed by atoms with E-state index in [1.165, 1.54) is 0 Å². The fourth-order valence-electron chi connectivity index (χ4n) is 1.34. The second-order valence-corrected chi connectivity index (χ2v) is 2.73. The van der Waals surface area contributed by atoms with Crippen LogP contribution in [0.25, 0.3) is 0 Å². The van der Waals surface area contributed by atoms with E-state index in [0.29, 0.717) is 6.04 Å². The molecule has 0 atom stereocenters. The Bertz CT molecular complexity index is 124. The molecule has 0 saturated heterocycles. The number of oxime groups is 1. The molecule has 10 heavy (non-hydrogen) atoms. The molecule has 1 aliphatic carbocycles. The summed E-state index contributed by atoms with van der Waals surface area (Å²) in [7, 11) is 1.98. The predicted molar refractivity (Wildman–Crippen MR) is 40.5 cm³/mol. The first-order valence-corrected chi connectivity index (χ1v) is 3.74. The van der Waals surface area contributed by atoms with Crippen molar-refractivity contribution in [2.75, 3.05) is 7.05 Å². The van der Waals surface area contributed by atoms with Crippen LogP contribution in [-0.4, -0.2) is 24.0 Å². The third-order valence-corrected chi connectivity index (χ3v) is 2.11. The minimum absolute atomic E-state index is 0.630.